The molecular formula is C29H54N4. The molecule has 2 heterocycles. The van der Waals surface area contributed by atoms with E-state index in [1.165, 1.54) is 120 Å². The Hall–Kier alpha value is -0.970. The molecule has 0 aromatic carbocycles. The third-order valence-corrected chi connectivity index (χ3v) is 6.96. The first-order valence-electron chi connectivity index (χ1n) is 14.5. The van der Waals surface area contributed by atoms with Crippen molar-refractivity contribution in [3.8, 4) is 0 Å². The van der Waals surface area contributed by atoms with Crippen LogP contribution in [0, 0.1) is 0 Å². The van der Waals surface area contributed by atoms with Gasteiger partial charge in [-0.1, -0.05) is 108 Å². The topological polar surface area (TPSA) is 48.5 Å². The van der Waals surface area contributed by atoms with Crippen molar-refractivity contribution >= 4 is 5.71 Å². The molecule has 2 bridgehead atoms. The lowest BCUT2D eigenvalue weighted by Gasteiger charge is -2.12. The van der Waals surface area contributed by atoms with Crippen LogP contribution in [-0.4, -0.2) is 51.5 Å². The van der Waals surface area contributed by atoms with Crippen LogP contribution >= 0.6 is 0 Å². The van der Waals surface area contributed by atoms with Crippen LogP contribution in [0.2, 0.25) is 0 Å². The quantitative estimate of drug-likeness (QED) is 0.397. The molecule has 0 aromatic heterocycles. The highest BCUT2D eigenvalue weighted by atomic mass is 15.0. The lowest BCUT2D eigenvalue weighted by molar-refractivity contribution is 0.527. The van der Waals surface area contributed by atoms with Crippen LogP contribution in [0.1, 0.15) is 109 Å². The van der Waals surface area contributed by atoms with E-state index in [-0.39, 0.29) is 0 Å². The second-order valence-electron chi connectivity index (χ2n) is 10.1. The van der Waals surface area contributed by atoms with E-state index in [0.717, 1.165) is 45.8 Å². The maximum Gasteiger partial charge on any atom is 0.0486 e. The van der Waals surface area contributed by atoms with Gasteiger partial charge in [-0.25, -0.2) is 0 Å². The van der Waals surface area contributed by atoms with E-state index in [4.69, 9.17) is 4.99 Å². The molecule has 0 amide bonds. The minimum atomic E-state index is 0.875. The molecule has 0 atom stereocenters. The van der Waals surface area contributed by atoms with Crippen molar-refractivity contribution in [3.05, 3.63) is 23.8 Å². The van der Waals surface area contributed by atoms with Crippen molar-refractivity contribution in [2.45, 2.75) is 109 Å². The van der Waals surface area contributed by atoms with Crippen molar-refractivity contribution in [3.63, 3.8) is 0 Å². The number of rotatable bonds is 0. The Balaban J connectivity index is 1.90. The minimum absolute atomic E-state index is 0.875. The zero-order chi connectivity index (χ0) is 23.1. The van der Waals surface area contributed by atoms with Gasteiger partial charge in [0.2, 0.25) is 0 Å². The van der Waals surface area contributed by atoms with E-state index in [2.05, 4.69) is 34.2 Å². The maximum atomic E-state index is 4.94. The summed E-state index contributed by atoms with van der Waals surface area (Å²) in [4.78, 5) is 4.94. The number of nitrogens with one attached hydrogen (secondary N) is 3. The predicted octanol–water partition coefficient (Wildman–Crippen LogP) is 6.34. The number of fused-ring (bicyclic) bond motifs is 2. The number of hydrogen-bond donors (Lipinski definition) is 3. The molecule has 0 saturated carbocycles. The van der Waals surface area contributed by atoms with Crippen molar-refractivity contribution in [1.29, 1.82) is 0 Å². The molecule has 0 unspecified atom stereocenters. The van der Waals surface area contributed by atoms with Crippen LogP contribution in [0.3, 0.4) is 0 Å². The second-order valence-corrected chi connectivity index (χ2v) is 10.1. The fourth-order valence-electron chi connectivity index (χ4n) is 4.80. The Bertz CT molecular complexity index is 538. The van der Waals surface area contributed by atoms with Gasteiger partial charge >= 0.3 is 0 Å². The minimum Gasteiger partial charge on any atom is -0.314 e. The molecule has 2 rings (SSSR count). The molecule has 33 heavy (non-hydrogen) atoms. The van der Waals surface area contributed by atoms with E-state index in [0.29, 0.717) is 0 Å². The van der Waals surface area contributed by atoms with Gasteiger partial charge in [0.15, 0.2) is 0 Å². The highest BCUT2D eigenvalue weighted by Gasteiger charge is 2.01. The lowest BCUT2D eigenvalue weighted by atomic mass is 10.0. The monoisotopic (exact) mass is 458 g/mol. The first kappa shape index (κ1) is 28.3. The van der Waals surface area contributed by atoms with Gasteiger partial charge in [-0.05, 0) is 25.3 Å². The molecule has 3 N–H and O–H groups in total. The fraction of sp³-hybridized carbons (Fsp3) is 0.828. The molecule has 0 fully saturated rings. The first-order chi connectivity index (χ1) is 16.4. The van der Waals surface area contributed by atoms with Crippen LogP contribution in [0.4, 0.5) is 0 Å². The third-order valence-electron chi connectivity index (χ3n) is 6.96. The van der Waals surface area contributed by atoms with Gasteiger partial charge in [0.25, 0.3) is 0 Å². The summed E-state index contributed by atoms with van der Waals surface area (Å²) >= 11 is 0. The Kier molecular flexibility index (Phi) is 18.5. The van der Waals surface area contributed by atoms with E-state index in [1.54, 1.807) is 0 Å². The summed E-state index contributed by atoms with van der Waals surface area (Å²) in [5.41, 5.74) is 2.73. The number of nitrogens with zero attached hydrogens (tertiary/aromatic N) is 1. The van der Waals surface area contributed by atoms with Gasteiger partial charge < -0.3 is 16.0 Å². The standard InChI is InChI=1S/C29H54N4/c1-2-4-6-8-10-12-14-16-21-33-29-20-17-19-28(18-15-13-11-9-7-5-3-1)26-31-24-22-30-23-25-32-27-29/h17,19-20,30-32H,1-16,18,21-27H2. The zero-order valence-electron chi connectivity index (χ0n) is 21.6. The Morgan fingerprint density at radius 2 is 1.00 bits per heavy atom. The Morgan fingerprint density at radius 3 is 1.61 bits per heavy atom. The average Bonchev–Trinajstić information content (AvgIpc) is 2.82. The van der Waals surface area contributed by atoms with Gasteiger partial charge in [-0.3, -0.25) is 4.99 Å². The van der Waals surface area contributed by atoms with Crippen LogP contribution in [0.25, 0.3) is 0 Å². The molecule has 0 saturated heterocycles. The predicted molar refractivity (Wildman–Crippen MR) is 147 cm³/mol. The number of allylic oxidation sites excluding steroid dienone is 2. The molecule has 2 aliphatic heterocycles. The van der Waals surface area contributed by atoms with Gasteiger partial charge in [-0.15, -0.1) is 0 Å². The molecule has 0 aromatic rings. The molecule has 190 valence electrons. The molecule has 0 radical (unpaired) electrons. The van der Waals surface area contributed by atoms with Gasteiger partial charge in [0.1, 0.15) is 0 Å². The summed E-state index contributed by atoms with van der Waals surface area (Å²) in [6, 6.07) is 0. The van der Waals surface area contributed by atoms with Crippen molar-refractivity contribution < 1.29 is 0 Å². The van der Waals surface area contributed by atoms with E-state index in [1.807, 2.05) is 0 Å². The molecule has 2 aliphatic rings. The van der Waals surface area contributed by atoms with Crippen molar-refractivity contribution in [2.75, 3.05) is 45.8 Å². The van der Waals surface area contributed by atoms with Gasteiger partial charge in [0, 0.05) is 51.5 Å². The van der Waals surface area contributed by atoms with E-state index < -0.39 is 0 Å². The molecule has 0 aliphatic carbocycles. The summed E-state index contributed by atoms with van der Waals surface area (Å²) in [6.07, 6.45) is 30.5. The normalized spacial score (nSPS) is 23.8. The first-order valence-corrected chi connectivity index (χ1v) is 14.5. The number of hydrogen-bond acceptors (Lipinski definition) is 4. The molecule has 4 heteroatoms. The summed E-state index contributed by atoms with van der Waals surface area (Å²) in [5.74, 6) is 0. The Morgan fingerprint density at radius 1 is 0.515 bits per heavy atom. The molecule has 0 spiro atoms. The van der Waals surface area contributed by atoms with E-state index in [9.17, 15) is 0 Å². The highest BCUT2D eigenvalue weighted by Crippen LogP contribution is 2.15. The van der Waals surface area contributed by atoms with Crippen LogP contribution in [0.5, 0.6) is 0 Å². The number of aliphatic imine (C=N–C) groups is 1. The smallest absolute Gasteiger partial charge is 0.0486 e. The zero-order valence-corrected chi connectivity index (χ0v) is 21.6. The van der Waals surface area contributed by atoms with Gasteiger partial charge in [0.05, 0.1) is 0 Å². The lowest BCUT2D eigenvalue weighted by Crippen LogP contribution is -2.34. The highest BCUT2D eigenvalue weighted by molar-refractivity contribution is 5.96. The van der Waals surface area contributed by atoms with Crippen LogP contribution in [0.15, 0.2) is 28.8 Å². The van der Waals surface area contributed by atoms with Gasteiger partial charge in [-0.2, -0.15) is 0 Å². The third kappa shape index (κ3) is 17.2. The molecular weight excluding hydrogens is 404 g/mol. The fourth-order valence-corrected chi connectivity index (χ4v) is 4.80. The average molecular weight is 459 g/mol. The Labute approximate surface area is 205 Å². The van der Waals surface area contributed by atoms with Crippen molar-refractivity contribution in [1.82, 2.24) is 16.0 Å². The SMILES string of the molecule is C1=CC2=NCCCCCCCCCCCCCCCCCCC(=C1)CNCCNCCNC2. The van der Waals surface area contributed by atoms with E-state index >= 15 is 0 Å². The summed E-state index contributed by atoms with van der Waals surface area (Å²) in [7, 11) is 0. The second kappa shape index (κ2) is 21.6. The van der Waals surface area contributed by atoms with Crippen molar-refractivity contribution in [2.24, 2.45) is 4.99 Å². The van der Waals surface area contributed by atoms with Crippen LogP contribution in [-0.2, 0) is 0 Å². The van der Waals surface area contributed by atoms with Crippen LogP contribution < -0.4 is 16.0 Å². The summed E-state index contributed by atoms with van der Waals surface area (Å²) in [5, 5.41) is 10.7. The largest absolute Gasteiger partial charge is 0.314 e. The molecule has 4 nitrogen and oxygen atoms in total. The summed E-state index contributed by atoms with van der Waals surface area (Å²) in [6.45, 7) is 6.93. The maximum absolute atomic E-state index is 4.94. The summed E-state index contributed by atoms with van der Waals surface area (Å²) < 4.78 is 0.